The van der Waals surface area contributed by atoms with Gasteiger partial charge in [0.2, 0.25) is 0 Å². The van der Waals surface area contributed by atoms with Gasteiger partial charge in [-0.25, -0.2) is 9.78 Å². The Balaban J connectivity index is 2.92. The van der Waals surface area contributed by atoms with Crippen molar-refractivity contribution in [3.05, 3.63) is 22.7 Å². The van der Waals surface area contributed by atoms with Crippen molar-refractivity contribution in [1.82, 2.24) is 9.97 Å². The molecule has 16 heavy (non-hydrogen) atoms. The fourth-order valence-corrected chi connectivity index (χ4v) is 1.44. The lowest BCUT2D eigenvalue weighted by atomic mass is 9.96. The Morgan fingerprint density at radius 2 is 2.38 bits per heavy atom. The largest absolute Gasteiger partial charge is 0.480 e. The normalized spacial score (nSPS) is 14.1. The third-order valence-corrected chi connectivity index (χ3v) is 2.30. The van der Waals surface area contributed by atoms with Gasteiger partial charge in [0.05, 0.1) is 6.33 Å². The zero-order chi connectivity index (χ0) is 12.2. The molecule has 0 saturated heterocycles. The van der Waals surface area contributed by atoms with E-state index in [1.54, 1.807) is 6.92 Å². The minimum absolute atomic E-state index is 0.266. The molecule has 1 aromatic rings. The van der Waals surface area contributed by atoms with Gasteiger partial charge in [0.25, 0.3) is 5.56 Å². The second-order valence-corrected chi connectivity index (χ2v) is 3.81. The number of nitrogens with zero attached hydrogens (tertiary/aromatic N) is 1. The highest BCUT2D eigenvalue weighted by Crippen LogP contribution is 2.17. The highest BCUT2D eigenvalue weighted by molar-refractivity contribution is 5.81. The predicted molar refractivity (Wildman–Crippen MR) is 59.4 cm³/mol. The van der Waals surface area contributed by atoms with E-state index in [1.807, 2.05) is 6.92 Å². The summed E-state index contributed by atoms with van der Waals surface area (Å²) in [7, 11) is 0. The van der Waals surface area contributed by atoms with Crippen LogP contribution in [0.15, 0.2) is 17.2 Å². The van der Waals surface area contributed by atoms with E-state index in [0.29, 0.717) is 6.42 Å². The number of aromatic nitrogens is 2. The summed E-state index contributed by atoms with van der Waals surface area (Å²) in [6, 6.07) is 1.23. The Morgan fingerprint density at radius 1 is 1.69 bits per heavy atom. The third-order valence-electron chi connectivity index (χ3n) is 2.30. The van der Waals surface area contributed by atoms with Gasteiger partial charge >= 0.3 is 5.97 Å². The van der Waals surface area contributed by atoms with Crippen molar-refractivity contribution in [1.29, 1.82) is 0 Å². The van der Waals surface area contributed by atoms with Crippen molar-refractivity contribution in [2.75, 3.05) is 5.32 Å². The first kappa shape index (κ1) is 12.2. The van der Waals surface area contributed by atoms with Gasteiger partial charge in [-0.15, -0.1) is 0 Å². The molecular weight excluding hydrogens is 210 g/mol. The standard InChI is InChI=1S/C10H15N3O3/c1-3-4-10(2,9(15)16)13-7-5-8(14)12-6-11-7/h5-6H,3-4H2,1-2H3,(H,15,16)(H2,11,12,13,14). The number of carboxylic acids is 1. The monoisotopic (exact) mass is 225 g/mol. The lowest BCUT2D eigenvalue weighted by Gasteiger charge is -2.26. The average molecular weight is 225 g/mol. The number of hydrogen-bond acceptors (Lipinski definition) is 4. The number of H-pyrrole nitrogens is 1. The van der Waals surface area contributed by atoms with E-state index in [-0.39, 0.29) is 11.4 Å². The Hall–Kier alpha value is -1.85. The molecule has 1 heterocycles. The first-order chi connectivity index (χ1) is 7.48. The number of hydrogen-bond donors (Lipinski definition) is 3. The number of rotatable bonds is 5. The Bertz CT molecular complexity index is 429. The van der Waals surface area contributed by atoms with E-state index in [2.05, 4.69) is 15.3 Å². The van der Waals surface area contributed by atoms with Gasteiger partial charge in [0, 0.05) is 6.07 Å². The van der Waals surface area contributed by atoms with Crippen LogP contribution in [0.25, 0.3) is 0 Å². The number of carboxylic acid groups (broad SMARTS) is 1. The van der Waals surface area contributed by atoms with Crippen LogP contribution in [0, 0.1) is 0 Å². The SMILES string of the molecule is CCCC(C)(Nc1cc(=O)[nH]cn1)C(=O)O. The van der Waals surface area contributed by atoms with Crippen LogP contribution in [0.1, 0.15) is 26.7 Å². The molecule has 0 bridgehead atoms. The fraction of sp³-hybridized carbons (Fsp3) is 0.500. The molecule has 0 aliphatic rings. The second-order valence-electron chi connectivity index (χ2n) is 3.81. The molecule has 1 rings (SSSR count). The van der Waals surface area contributed by atoms with Gasteiger partial charge in [0.15, 0.2) is 0 Å². The van der Waals surface area contributed by atoms with Crippen molar-refractivity contribution in [3.63, 3.8) is 0 Å². The fourth-order valence-electron chi connectivity index (χ4n) is 1.44. The van der Waals surface area contributed by atoms with E-state index in [9.17, 15) is 9.59 Å². The maximum atomic E-state index is 11.1. The summed E-state index contributed by atoms with van der Waals surface area (Å²) in [6.07, 6.45) is 2.41. The molecular formula is C10H15N3O3. The predicted octanol–water partition coefficient (Wildman–Crippen LogP) is 0.825. The maximum Gasteiger partial charge on any atom is 0.329 e. The summed E-state index contributed by atoms with van der Waals surface area (Å²) in [5.74, 6) is -0.696. The van der Waals surface area contributed by atoms with E-state index >= 15 is 0 Å². The molecule has 0 saturated carbocycles. The molecule has 0 spiro atoms. The van der Waals surface area contributed by atoms with Gasteiger partial charge in [-0.05, 0) is 13.3 Å². The van der Waals surface area contributed by atoms with Gasteiger partial charge in [-0.2, -0.15) is 0 Å². The Kier molecular flexibility index (Phi) is 3.65. The highest BCUT2D eigenvalue weighted by atomic mass is 16.4. The molecule has 1 unspecified atom stereocenters. The number of aliphatic carboxylic acids is 1. The molecule has 6 nitrogen and oxygen atoms in total. The minimum Gasteiger partial charge on any atom is -0.480 e. The minimum atomic E-state index is -1.10. The molecule has 0 aliphatic carbocycles. The number of aromatic amines is 1. The molecule has 0 fully saturated rings. The van der Waals surface area contributed by atoms with Crippen molar-refractivity contribution in [2.24, 2.45) is 0 Å². The van der Waals surface area contributed by atoms with E-state index in [1.165, 1.54) is 12.4 Å². The van der Waals surface area contributed by atoms with Gasteiger partial charge < -0.3 is 15.4 Å². The first-order valence-corrected chi connectivity index (χ1v) is 5.04. The van der Waals surface area contributed by atoms with E-state index < -0.39 is 11.5 Å². The van der Waals surface area contributed by atoms with Gasteiger partial charge in [0.1, 0.15) is 11.4 Å². The lowest BCUT2D eigenvalue weighted by molar-refractivity contribution is -0.142. The van der Waals surface area contributed by atoms with Crippen molar-refractivity contribution in [3.8, 4) is 0 Å². The lowest BCUT2D eigenvalue weighted by Crippen LogP contribution is -2.43. The van der Waals surface area contributed by atoms with Crippen molar-refractivity contribution < 1.29 is 9.90 Å². The van der Waals surface area contributed by atoms with Crippen LogP contribution in [0.5, 0.6) is 0 Å². The number of anilines is 1. The van der Waals surface area contributed by atoms with Crippen LogP contribution in [0.3, 0.4) is 0 Å². The van der Waals surface area contributed by atoms with Gasteiger partial charge in [-0.1, -0.05) is 13.3 Å². The molecule has 1 atom stereocenters. The van der Waals surface area contributed by atoms with Crippen LogP contribution in [-0.2, 0) is 4.79 Å². The average Bonchev–Trinajstić information content (AvgIpc) is 2.17. The summed E-state index contributed by atoms with van der Waals surface area (Å²) in [5.41, 5.74) is -1.42. The van der Waals surface area contributed by atoms with Crippen LogP contribution >= 0.6 is 0 Å². The van der Waals surface area contributed by atoms with Crippen LogP contribution < -0.4 is 10.9 Å². The van der Waals surface area contributed by atoms with Crippen LogP contribution in [0.4, 0.5) is 5.82 Å². The molecule has 3 N–H and O–H groups in total. The summed E-state index contributed by atoms with van der Waals surface area (Å²) < 4.78 is 0. The molecule has 0 aromatic carbocycles. The molecule has 6 heteroatoms. The molecule has 0 radical (unpaired) electrons. The summed E-state index contributed by atoms with van der Waals surface area (Å²) in [5, 5.41) is 11.9. The number of nitrogens with one attached hydrogen (secondary N) is 2. The zero-order valence-electron chi connectivity index (χ0n) is 9.28. The molecule has 0 amide bonds. The topological polar surface area (TPSA) is 95.1 Å². The summed E-state index contributed by atoms with van der Waals surface area (Å²) in [6.45, 7) is 3.47. The zero-order valence-corrected chi connectivity index (χ0v) is 9.28. The first-order valence-electron chi connectivity index (χ1n) is 5.04. The van der Waals surface area contributed by atoms with E-state index in [0.717, 1.165) is 6.42 Å². The van der Waals surface area contributed by atoms with Crippen LogP contribution in [0.2, 0.25) is 0 Å². The van der Waals surface area contributed by atoms with Crippen molar-refractivity contribution in [2.45, 2.75) is 32.2 Å². The summed E-state index contributed by atoms with van der Waals surface area (Å²) >= 11 is 0. The molecule has 88 valence electrons. The molecule has 1 aromatic heterocycles. The quantitative estimate of drug-likeness (QED) is 0.689. The highest BCUT2D eigenvalue weighted by Gasteiger charge is 2.32. The smallest absolute Gasteiger partial charge is 0.329 e. The Labute approximate surface area is 92.7 Å². The molecule has 0 aliphatic heterocycles. The summed E-state index contributed by atoms with van der Waals surface area (Å²) in [4.78, 5) is 28.4. The maximum absolute atomic E-state index is 11.1. The van der Waals surface area contributed by atoms with E-state index in [4.69, 9.17) is 5.11 Å². The second kappa shape index (κ2) is 4.78. The number of carbonyl (C=O) groups is 1. The van der Waals surface area contributed by atoms with Crippen molar-refractivity contribution >= 4 is 11.8 Å². The van der Waals surface area contributed by atoms with Crippen LogP contribution in [-0.4, -0.2) is 26.6 Å². The Morgan fingerprint density at radius 3 is 2.88 bits per heavy atom. The van der Waals surface area contributed by atoms with Gasteiger partial charge in [-0.3, -0.25) is 4.79 Å². The third kappa shape index (κ3) is 2.82.